The number of aromatic nitrogens is 1. The third-order valence-electron chi connectivity index (χ3n) is 2.12. The van der Waals surface area contributed by atoms with Crippen molar-refractivity contribution in [2.75, 3.05) is 0 Å². The Morgan fingerprint density at radius 2 is 2.00 bits per heavy atom. The summed E-state index contributed by atoms with van der Waals surface area (Å²) in [5.74, 6) is -1.22. The number of carbonyl (C=O) groups is 1. The number of carboxylic acids is 1. The molecule has 3 N–H and O–H groups in total. The lowest BCUT2D eigenvalue weighted by atomic mass is 10.1. The Bertz CT molecular complexity index is 600. The zero-order valence-corrected chi connectivity index (χ0v) is 7.52. The second kappa shape index (κ2) is 3.13. The molecule has 0 saturated heterocycles. The van der Waals surface area contributed by atoms with Gasteiger partial charge in [0.05, 0.1) is 5.56 Å². The molecule has 5 nitrogen and oxygen atoms in total. The third-order valence-corrected chi connectivity index (χ3v) is 2.12. The minimum atomic E-state index is -1.15. The molecule has 0 radical (unpaired) electrons. The van der Waals surface area contributed by atoms with Crippen LogP contribution in [0.4, 0.5) is 0 Å². The van der Waals surface area contributed by atoms with Crippen molar-refractivity contribution in [1.29, 1.82) is 0 Å². The SMILES string of the molecule is O=C(O)c1c[nH]c(=O)c2ccc(O)cc12. The molecule has 1 aromatic carbocycles. The van der Waals surface area contributed by atoms with E-state index in [9.17, 15) is 14.7 Å². The maximum Gasteiger partial charge on any atom is 0.337 e. The van der Waals surface area contributed by atoms with Crippen molar-refractivity contribution in [1.82, 2.24) is 4.98 Å². The number of carboxylic acid groups (broad SMARTS) is 1. The van der Waals surface area contributed by atoms with E-state index in [1.807, 2.05) is 0 Å². The number of hydrogen-bond donors (Lipinski definition) is 3. The maximum absolute atomic E-state index is 11.3. The molecule has 2 rings (SSSR count). The number of fused-ring (bicyclic) bond motifs is 1. The molecule has 76 valence electrons. The maximum atomic E-state index is 11.3. The first kappa shape index (κ1) is 9.26. The van der Waals surface area contributed by atoms with Crippen LogP contribution >= 0.6 is 0 Å². The van der Waals surface area contributed by atoms with Crippen molar-refractivity contribution < 1.29 is 15.0 Å². The molecule has 0 unspecified atom stereocenters. The summed E-state index contributed by atoms with van der Waals surface area (Å²) in [7, 11) is 0. The summed E-state index contributed by atoms with van der Waals surface area (Å²) < 4.78 is 0. The number of H-pyrrole nitrogens is 1. The number of nitrogens with one attached hydrogen (secondary N) is 1. The van der Waals surface area contributed by atoms with Crippen LogP contribution in [0.25, 0.3) is 10.8 Å². The monoisotopic (exact) mass is 205 g/mol. The minimum absolute atomic E-state index is 0.0412. The summed E-state index contributed by atoms with van der Waals surface area (Å²) in [4.78, 5) is 24.5. The van der Waals surface area contributed by atoms with Crippen LogP contribution in [0, 0.1) is 0 Å². The number of hydrogen-bond acceptors (Lipinski definition) is 3. The molecule has 0 aliphatic carbocycles. The number of phenolic OH excluding ortho intramolecular Hbond substituents is 1. The van der Waals surface area contributed by atoms with E-state index in [0.717, 1.165) is 6.20 Å². The Hall–Kier alpha value is -2.30. The molecule has 0 saturated carbocycles. The molecule has 2 aromatic rings. The lowest BCUT2D eigenvalue weighted by molar-refractivity contribution is 0.0698. The Morgan fingerprint density at radius 1 is 1.27 bits per heavy atom. The van der Waals surface area contributed by atoms with E-state index in [4.69, 9.17) is 5.11 Å². The molecule has 1 aromatic heterocycles. The first-order valence-corrected chi connectivity index (χ1v) is 4.17. The number of aromatic hydroxyl groups is 1. The zero-order valence-electron chi connectivity index (χ0n) is 7.52. The number of pyridine rings is 1. The molecule has 5 heteroatoms. The fraction of sp³-hybridized carbons (Fsp3) is 0. The minimum Gasteiger partial charge on any atom is -0.508 e. The van der Waals surface area contributed by atoms with E-state index < -0.39 is 5.97 Å². The number of phenols is 1. The lowest BCUT2D eigenvalue weighted by Gasteiger charge is -2.01. The van der Waals surface area contributed by atoms with Gasteiger partial charge in [0.25, 0.3) is 5.56 Å². The van der Waals surface area contributed by atoms with Crippen LogP contribution in [0.2, 0.25) is 0 Å². The smallest absolute Gasteiger partial charge is 0.337 e. The van der Waals surface area contributed by atoms with Crippen molar-refractivity contribution >= 4 is 16.7 Å². The number of rotatable bonds is 1. The summed E-state index contributed by atoms with van der Waals surface area (Å²) >= 11 is 0. The van der Waals surface area contributed by atoms with Gasteiger partial charge in [0, 0.05) is 17.0 Å². The van der Waals surface area contributed by atoms with Crippen LogP contribution in [0.5, 0.6) is 5.75 Å². The van der Waals surface area contributed by atoms with E-state index in [0.29, 0.717) is 0 Å². The molecular weight excluding hydrogens is 198 g/mol. The highest BCUT2D eigenvalue weighted by atomic mass is 16.4. The molecule has 0 aliphatic rings. The molecular formula is C10H7NO4. The molecule has 1 heterocycles. The van der Waals surface area contributed by atoms with Gasteiger partial charge in [0.1, 0.15) is 5.75 Å². The molecule has 0 amide bonds. The van der Waals surface area contributed by atoms with Gasteiger partial charge in [-0.05, 0) is 18.2 Å². The lowest BCUT2D eigenvalue weighted by Crippen LogP contribution is -2.09. The van der Waals surface area contributed by atoms with Gasteiger partial charge < -0.3 is 15.2 Å². The zero-order chi connectivity index (χ0) is 11.0. The summed E-state index contributed by atoms with van der Waals surface area (Å²) in [5.41, 5.74) is -0.421. The summed E-state index contributed by atoms with van der Waals surface area (Å²) in [6.45, 7) is 0. The number of aromatic amines is 1. The largest absolute Gasteiger partial charge is 0.508 e. The Morgan fingerprint density at radius 3 is 2.67 bits per heavy atom. The van der Waals surface area contributed by atoms with Crippen molar-refractivity contribution in [2.45, 2.75) is 0 Å². The molecule has 0 fully saturated rings. The van der Waals surface area contributed by atoms with Crippen LogP contribution in [0.1, 0.15) is 10.4 Å². The van der Waals surface area contributed by atoms with Crippen molar-refractivity contribution in [3.8, 4) is 5.75 Å². The van der Waals surface area contributed by atoms with Gasteiger partial charge >= 0.3 is 5.97 Å². The highest BCUT2D eigenvalue weighted by Crippen LogP contribution is 2.20. The summed E-state index contributed by atoms with van der Waals surface area (Å²) in [6.07, 6.45) is 1.12. The van der Waals surface area contributed by atoms with Crippen LogP contribution in [0.15, 0.2) is 29.2 Å². The Labute approximate surface area is 83.6 Å². The number of benzene rings is 1. The molecule has 15 heavy (non-hydrogen) atoms. The predicted molar refractivity (Wildman–Crippen MR) is 53.2 cm³/mol. The van der Waals surface area contributed by atoms with Gasteiger partial charge in [-0.1, -0.05) is 0 Å². The van der Waals surface area contributed by atoms with E-state index in [2.05, 4.69) is 4.98 Å². The van der Waals surface area contributed by atoms with Crippen molar-refractivity contribution in [3.05, 3.63) is 40.3 Å². The molecule has 0 aliphatic heterocycles. The van der Waals surface area contributed by atoms with Gasteiger partial charge in [-0.15, -0.1) is 0 Å². The predicted octanol–water partition coefficient (Wildman–Crippen LogP) is 0.932. The number of aromatic carboxylic acids is 1. The Kier molecular flexibility index (Phi) is 1.93. The van der Waals surface area contributed by atoms with E-state index in [1.54, 1.807) is 0 Å². The standard InChI is InChI=1S/C10H7NO4/c12-5-1-2-6-7(3-5)8(10(14)15)4-11-9(6)13/h1-4,12H,(H,11,13)(H,14,15). The molecule has 0 bridgehead atoms. The van der Waals surface area contributed by atoms with Crippen LogP contribution in [0.3, 0.4) is 0 Å². The summed E-state index contributed by atoms with van der Waals surface area (Å²) in [5, 5.41) is 18.6. The second-order valence-electron chi connectivity index (χ2n) is 3.07. The van der Waals surface area contributed by atoms with Gasteiger partial charge in [-0.25, -0.2) is 4.79 Å². The first-order chi connectivity index (χ1) is 7.09. The van der Waals surface area contributed by atoms with Crippen LogP contribution < -0.4 is 5.56 Å². The van der Waals surface area contributed by atoms with Gasteiger partial charge in [-0.3, -0.25) is 4.79 Å². The first-order valence-electron chi connectivity index (χ1n) is 4.17. The highest BCUT2D eigenvalue weighted by Gasteiger charge is 2.10. The average Bonchev–Trinajstić information content (AvgIpc) is 2.17. The van der Waals surface area contributed by atoms with Gasteiger partial charge in [0.2, 0.25) is 0 Å². The highest BCUT2D eigenvalue weighted by molar-refractivity contribution is 6.03. The van der Waals surface area contributed by atoms with Crippen LogP contribution in [-0.2, 0) is 0 Å². The van der Waals surface area contributed by atoms with E-state index in [1.165, 1.54) is 18.2 Å². The quantitative estimate of drug-likeness (QED) is 0.646. The van der Waals surface area contributed by atoms with Gasteiger partial charge in [0.15, 0.2) is 0 Å². The van der Waals surface area contributed by atoms with Crippen LogP contribution in [-0.4, -0.2) is 21.2 Å². The normalized spacial score (nSPS) is 10.4. The molecule has 0 spiro atoms. The van der Waals surface area contributed by atoms with Gasteiger partial charge in [-0.2, -0.15) is 0 Å². The second-order valence-corrected chi connectivity index (χ2v) is 3.07. The fourth-order valence-electron chi connectivity index (χ4n) is 1.42. The topological polar surface area (TPSA) is 90.4 Å². The average molecular weight is 205 g/mol. The van der Waals surface area contributed by atoms with Crippen molar-refractivity contribution in [2.24, 2.45) is 0 Å². The summed E-state index contributed by atoms with van der Waals surface area (Å²) in [6, 6.07) is 3.98. The van der Waals surface area contributed by atoms with Crippen molar-refractivity contribution in [3.63, 3.8) is 0 Å². The van der Waals surface area contributed by atoms with E-state index in [-0.39, 0.29) is 27.6 Å². The molecule has 0 atom stereocenters. The third kappa shape index (κ3) is 1.43. The fourth-order valence-corrected chi connectivity index (χ4v) is 1.42. The Balaban J connectivity index is 2.96. The van der Waals surface area contributed by atoms with E-state index >= 15 is 0 Å².